The van der Waals surface area contributed by atoms with Gasteiger partial charge in [0.25, 0.3) is 5.91 Å². The van der Waals surface area contributed by atoms with E-state index >= 15 is 0 Å². The molecule has 1 heterocycles. The van der Waals surface area contributed by atoms with E-state index in [2.05, 4.69) is 17.4 Å². The topological polar surface area (TPSA) is 47.6 Å². The van der Waals surface area contributed by atoms with Crippen LogP contribution in [0.25, 0.3) is 0 Å². The van der Waals surface area contributed by atoms with Gasteiger partial charge in [-0.05, 0) is 54.8 Å². The highest BCUT2D eigenvalue weighted by Gasteiger charge is 2.35. The third kappa shape index (κ3) is 4.14. The summed E-state index contributed by atoms with van der Waals surface area (Å²) in [4.78, 5) is 12.5. The molecule has 0 saturated carbocycles. The SMILES string of the molecule is COc1ccc(C2(CNC(=O)c3ccc(Cl)cc3)CCOCC2)cc1. The van der Waals surface area contributed by atoms with Crippen LogP contribution in [-0.2, 0) is 10.2 Å². The molecular weight excluding hydrogens is 338 g/mol. The molecule has 132 valence electrons. The zero-order valence-electron chi connectivity index (χ0n) is 14.3. The molecule has 1 N–H and O–H groups in total. The standard InChI is InChI=1S/C20H22ClNO3/c1-24-18-8-4-16(5-9-18)20(10-12-25-13-11-20)14-22-19(23)15-2-6-17(21)7-3-15/h2-9H,10-14H2,1H3,(H,22,23). The zero-order valence-corrected chi connectivity index (χ0v) is 15.0. The molecule has 1 amide bonds. The second kappa shape index (κ2) is 7.89. The molecule has 5 heteroatoms. The van der Waals surface area contributed by atoms with E-state index in [-0.39, 0.29) is 11.3 Å². The molecule has 1 aliphatic rings. The van der Waals surface area contributed by atoms with Crippen LogP contribution in [0.3, 0.4) is 0 Å². The Morgan fingerprint density at radius 2 is 1.76 bits per heavy atom. The van der Waals surface area contributed by atoms with E-state index in [0.29, 0.717) is 30.3 Å². The number of amides is 1. The number of ether oxygens (including phenoxy) is 2. The van der Waals surface area contributed by atoms with Gasteiger partial charge in [0, 0.05) is 35.8 Å². The third-order valence-corrected chi connectivity index (χ3v) is 5.10. The Hall–Kier alpha value is -2.04. The van der Waals surface area contributed by atoms with Gasteiger partial charge in [-0.2, -0.15) is 0 Å². The van der Waals surface area contributed by atoms with Crippen LogP contribution in [0, 0.1) is 0 Å². The predicted molar refractivity (Wildman–Crippen MR) is 98.5 cm³/mol. The van der Waals surface area contributed by atoms with Gasteiger partial charge >= 0.3 is 0 Å². The smallest absolute Gasteiger partial charge is 0.251 e. The maximum absolute atomic E-state index is 12.5. The van der Waals surface area contributed by atoms with Gasteiger partial charge in [0.15, 0.2) is 0 Å². The van der Waals surface area contributed by atoms with E-state index in [9.17, 15) is 4.79 Å². The average Bonchev–Trinajstić information content (AvgIpc) is 2.67. The van der Waals surface area contributed by atoms with Gasteiger partial charge in [-0.1, -0.05) is 23.7 Å². The molecule has 0 bridgehead atoms. The summed E-state index contributed by atoms with van der Waals surface area (Å²) in [5.41, 5.74) is 1.70. The van der Waals surface area contributed by atoms with Crippen molar-refractivity contribution >= 4 is 17.5 Å². The van der Waals surface area contributed by atoms with Gasteiger partial charge in [0.1, 0.15) is 5.75 Å². The number of nitrogens with one attached hydrogen (secondary N) is 1. The lowest BCUT2D eigenvalue weighted by atomic mass is 9.74. The minimum atomic E-state index is -0.118. The molecule has 3 rings (SSSR count). The van der Waals surface area contributed by atoms with Gasteiger partial charge in [-0.3, -0.25) is 4.79 Å². The Kier molecular flexibility index (Phi) is 5.61. The molecule has 2 aromatic carbocycles. The molecule has 0 atom stereocenters. The van der Waals surface area contributed by atoms with E-state index in [4.69, 9.17) is 21.1 Å². The van der Waals surface area contributed by atoms with E-state index in [1.807, 2.05) is 12.1 Å². The maximum atomic E-state index is 12.5. The summed E-state index contributed by atoms with van der Waals surface area (Å²) < 4.78 is 10.8. The normalized spacial score (nSPS) is 16.2. The van der Waals surface area contributed by atoms with Crippen LogP contribution >= 0.6 is 11.6 Å². The molecule has 0 spiro atoms. The van der Waals surface area contributed by atoms with Crippen molar-refractivity contribution in [3.63, 3.8) is 0 Å². The summed E-state index contributed by atoms with van der Waals surface area (Å²) in [6, 6.07) is 15.0. The van der Waals surface area contributed by atoms with Crippen LogP contribution in [-0.4, -0.2) is 32.8 Å². The number of methoxy groups -OCH3 is 1. The fourth-order valence-corrected chi connectivity index (χ4v) is 3.35. The van der Waals surface area contributed by atoms with Gasteiger partial charge in [0.05, 0.1) is 7.11 Å². The molecule has 0 unspecified atom stereocenters. The first kappa shape index (κ1) is 17.8. The lowest BCUT2D eigenvalue weighted by Crippen LogP contribution is -2.44. The number of rotatable bonds is 5. The van der Waals surface area contributed by atoms with Gasteiger partial charge in [0.2, 0.25) is 0 Å². The molecular formula is C20H22ClNO3. The first-order valence-corrected chi connectivity index (χ1v) is 8.77. The van der Waals surface area contributed by atoms with Crippen molar-refractivity contribution in [3.8, 4) is 5.75 Å². The summed E-state index contributed by atoms with van der Waals surface area (Å²) in [7, 11) is 1.66. The third-order valence-electron chi connectivity index (χ3n) is 4.85. The second-order valence-corrected chi connectivity index (χ2v) is 6.75. The monoisotopic (exact) mass is 359 g/mol. The molecule has 1 fully saturated rings. The van der Waals surface area contributed by atoms with Crippen molar-refractivity contribution in [2.75, 3.05) is 26.9 Å². The van der Waals surface area contributed by atoms with Crippen LogP contribution in [0.2, 0.25) is 5.02 Å². The lowest BCUT2D eigenvalue weighted by Gasteiger charge is -2.38. The van der Waals surface area contributed by atoms with Crippen LogP contribution in [0.1, 0.15) is 28.8 Å². The van der Waals surface area contributed by atoms with E-state index in [1.54, 1.807) is 31.4 Å². The quantitative estimate of drug-likeness (QED) is 0.882. The Bertz CT molecular complexity index is 707. The minimum Gasteiger partial charge on any atom is -0.497 e. The number of carbonyl (C=O) groups is 1. The fourth-order valence-electron chi connectivity index (χ4n) is 3.23. The minimum absolute atomic E-state index is 0.0870. The van der Waals surface area contributed by atoms with Crippen molar-refractivity contribution in [1.29, 1.82) is 0 Å². The fraction of sp³-hybridized carbons (Fsp3) is 0.350. The van der Waals surface area contributed by atoms with Crippen LogP contribution in [0.5, 0.6) is 5.75 Å². The maximum Gasteiger partial charge on any atom is 0.251 e. The summed E-state index contributed by atoms with van der Waals surface area (Å²) in [6.45, 7) is 1.97. The van der Waals surface area contributed by atoms with Crippen LogP contribution < -0.4 is 10.1 Å². The molecule has 4 nitrogen and oxygen atoms in total. The van der Waals surface area contributed by atoms with Crippen molar-refractivity contribution in [2.45, 2.75) is 18.3 Å². The largest absolute Gasteiger partial charge is 0.497 e. The van der Waals surface area contributed by atoms with Gasteiger partial charge in [-0.25, -0.2) is 0 Å². The van der Waals surface area contributed by atoms with Crippen LogP contribution in [0.4, 0.5) is 0 Å². The number of carbonyl (C=O) groups excluding carboxylic acids is 1. The number of hydrogen-bond acceptors (Lipinski definition) is 3. The first-order valence-electron chi connectivity index (χ1n) is 8.39. The van der Waals surface area contributed by atoms with Gasteiger partial charge < -0.3 is 14.8 Å². The Morgan fingerprint density at radius 3 is 2.36 bits per heavy atom. The van der Waals surface area contributed by atoms with Crippen LogP contribution in [0.15, 0.2) is 48.5 Å². The number of hydrogen-bond donors (Lipinski definition) is 1. The Morgan fingerprint density at radius 1 is 1.12 bits per heavy atom. The molecule has 0 aliphatic carbocycles. The predicted octanol–water partition coefficient (Wildman–Crippen LogP) is 3.83. The molecule has 0 radical (unpaired) electrons. The molecule has 0 aromatic heterocycles. The van der Waals surface area contributed by atoms with Crippen molar-refractivity contribution in [1.82, 2.24) is 5.32 Å². The molecule has 25 heavy (non-hydrogen) atoms. The highest BCUT2D eigenvalue weighted by atomic mass is 35.5. The highest BCUT2D eigenvalue weighted by Crippen LogP contribution is 2.35. The molecule has 2 aromatic rings. The number of benzene rings is 2. The first-order chi connectivity index (χ1) is 12.1. The van der Waals surface area contributed by atoms with Crippen molar-refractivity contribution in [3.05, 3.63) is 64.7 Å². The average molecular weight is 360 g/mol. The summed E-state index contributed by atoms with van der Waals surface area (Å²) in [6.07, 6.45) is 1.75. The molecule has 1 saturated heterocycles. The lowest BCUT2D eigenvalue weighted by molar-refractivity contribution is 0.0487. The summed E-state index contributed by atoms with van der Waals surface area (Å²) in [5.74, 6) is 0.743. The number of halogens is 1. The van der Waals surface area contributed by atoms with E-state index in [0.717, 1.165) is 18.6 Å². The Labute approximate surface area is 153 Å². The second-order valence-electron chi connectivity index (χ2n) is 6.31. The Balaban J connectivity index is 1.76. The van der Waals surface area contributed by atoms with E-state index in [1.165, 1.54) is 5.56 Å². The van der Waals surface area contributed by atoms with Crippen molar-refractivity contribution in [2.24, 2.45) is 0 Å². The molecule has 1 aliphatic heterocycles. The van der Waals surface area contributed by atoms with Crippen molar-refractivity contribution < 1.29 is 14.3 Å². The van der Waals surface area contributed by atoms with Gasteiger partial charge in [-0.15, -0.1) is 0 Å². The summed E-state index contributed by atoms with van der Waals surface area (Å²) >= 11 is 5.89. The zero-order chi connectivity index (χ0) is 17.7. The van der Waals surface area contributed by atoms with E-state index < -0.39 is 0 Å². The summed E-state index contributed by atoms with van der Waals surface area (Å²) in [5, 5.41) is 3.71. The highest BCUT2D eigenvalue weighted by molar-refractivity contribution is 6.30.